The second-order valence-electron chi connectivity index (χ2n) is 7.24. The summed E-state index contributed by atoms with van der Waals surface area (Å²) in [5, 5.41) is 13.0. The molecule has 162 valence electrons. The Balaban J connectivity index is 1.83. The van der Waals surface area contributed by atoms with Gasteiger partial charge in [0.05, 0.1) is 6.61 Å². The van der Waals surface area contributed by atoms with Crippen LogP contribution in [0.2, 0.25) is 5.02 Å². The molecule has 0 atom stereocenters. The number of hydrogen-bond acceptors (Lipinski definition) is 3. The number of halogens is 1. The number of anilines is 1. The van der Waals surface area contributed by atoms with Crippen LogP contribution in [-0.2, 0) is 17.6 Å². The summed E-state index contributed by atoms with van der Waals surface area (Å²) in [5.41, 5.74) is 4.55. The van der Waals surface area contributed by atoms with Crippen molar-refractivity contribution in [2.24, 2.45) is 0 Å². The Hall–Kier alpha value is -3.55. The lowest BCUT2D eigenvalue weighted by molar-refractivity contribution is -0.112. The van der Waals surface area contributed by atoms with Gasteiger partial charge in [-0.1, -0.05) is 61.0 Å². The van der Waals surface area contributed by atoms with Crippen molar-refractivity contribution >= 4 is 29.3 Å². The third-order valence-electron chi connectivity index (χ3n) is 5.03. The lowest BCUT2D eigenvalue weighted by Crippen LogP contribution is -2.13. The van der Waals surface area contributed by atoms with Crippen molar-refractivity contribution in [2.75, 3.05) is 11.9 Å². The third-order valence-corrected chi connectivity index (χ3v) is 5.39. The molecule has 32 heavy (non-hydrogen) atoms. The normalized spacial score (nSPS) is 11.0. The van der Waals surface area contributed by atoms with E-state index in [9.17, 15) is 10.1 Å². The maximum Gasteiger partial charge on any atom is 0.266 e. The first-order valence-corrected chi connectivity index (χ1v) is 10.9. The fourth-order valence-corrected chi connectivity index (χ4v) is 3.48. The Morgan fingerprint density at radius 2 is 1.81 bits per heavy atom. The summed E-state index contributed by atoms with van der Waals surface area (Å²) in [7, 11) is 0. The Morgan fingerprint density at radius 3 is 2.47 bits per heavy atom. The van der Waals surface area contributed by atoms with Gasteiger partial charge in [-0.2, -0.15) is 5.26 Å². The predicted molar refractivity (Wildman–Crippen MR) is 130 cm³/mol. The van der Waals surface area contributed by atoms with E-state index in [0.29, 0.717) is 35.1 Å². The molecule has 0 aliphatic heterocycles. The average molecular weight is 445 g/mol. The number of hydrogen-bond donors (Lipinski definition) is 1. The Morgan fingerprint density at radius 1 is 1.06 bits per heavy atom. The molecule has 1 amide bonds. The molecule has 4 nitrogen and oxygen atoms in total. The van der Waals surface area contributed by atoms with Crippen molar-refractivity contribution in [3.8, 4) is 11.8 Å². The number of nitriles is 1. The van der Waals surface area contributed by atoms with Crippen LogP contribution in [-0.4, -0.2) is 12.5 Å². The number of benzene rings is 3. The van der Waals surface area contributed by atoms with Crippen LogP contribution in [0.5, 0.6) is 5.75 Å². The molecule has 0 aliphatic rings. The van der Waals surface area contributed by atoms with Gasteiger partial charge in [-0.3, -0.25) is 4.79 Å². The summed E-state index contributed by atoms with van der Waals surface area (Å²) in [4.78, 5) is 12.6. The summed E-state index contributed by atoms with van der Waals surface area (Å²) in [6.07, 6.45) is 3.11. The first-order chi connectivity index (χ1) is 15.5. The molecule has 0 heterocycles. The second-order valence-corrected chi connectivity index (χ2v) is 7.65. The van der Waals surface area contributed by atoms with Crippen LogP contribution in [0.3, 0.4) is 0 Å². The molecule has 0 aliphatic carbocycles. The number of carbonyl (C=O) groups excluding carboxylic acids is 1. The average Bonchev–Trinajstić information content (AvgIpc) is 2.81. The molecule has 0 fully saturated rings. The zero-order valence-corrected chi connectivity index (χ0v) is 18.9. The molecule has 1 N–H and O–H groups in total. The van der Waals surface area contributed by atoms with Gasteiger partial charge in [0.15, 0.2) is 0 Å². The molecule has 0 saturated heterocycles. The quantitative estimate of drug-likeness (QED) is 0.321. The Bertz CT molecular complexity index is 1160. The summed E-state index contributed by atoms with van der Waals surface area (Å²) in [6.45, 7) is 4.49. The second kappa shape index (κ2) is 11.2. The highest BCUT2D eigenvalue weighted by atomic mass is 35.5. The maximum atomic E-state index is 12.6. The van der Waals surface area contributed by atoms with Gasteiger partial charge >= 0.3 is 0 Å². The molecule has 0 saturated carbocycles. The van der Waals surface area contributed by atoms with Crippen LogP contribution in [0, 0.1) is 11.3 Å². The first-order valence-electron chi connectivity index (χ1n) is 10.5. The van der Waals surface area contributed by atoms with Crippen LogP contribution in [0.4, 0.5) is 5.69 Å². The van der Waals surface area contributed by atoms with Crippen molar-refractivity contribution in [2.45, 2.75) is 26.7 Å². The number of amides is 1. The minimum absolute atomic E-state index is 0.0193. The molecule has 0 radical (unpaired) electrons. The van der Waals surface area contributed by atoms with Gasteiger partial charge < -0.3 is 10.1 Å². The number of nitrogens with one attached hydrogen (secondary N) is 1. The zero-order chi connectivity index (χ0) is 22.9. The molecule has 0 bridgehead atoms. The zero-order valence-electron chi connectivity index (χ0n) is 18.2. The minimum Gasteiger partial charge on any atom is -0.494 e. The van der Waals surface area contributed by atoms with E-state index in [1.807, 2.05) is 79.7 Å². The summed E-state index contributed by atoms with van der Waals surface area (Å²) >= 11 is 6.31. The van der Waals surface area contributed by atoms with Gasteiger partial charge in [0.2, 0.25) is 0 Å². The number of carbonyl (C=O) groups is 1. The van der Waals surface area contributed by atoms with E-state index in [-0.39, 0.29) is 5.57 Å². The summed E-state index contributed by atoms with van der Waals surface area (Å²) < 4.78 is 5.83. The number of ether oxygens (including phenoxy) is 1. The van der Waals surface area contributed by atoms with Gasteiger partial charge in [0.25, 0.3) is 5.91 Å². The summed E-state index contributed by atoms with van der Waals surface area (Å²) in [5.74, 6) is 0.254. The van der Waals surface area contributed by atoms with Gasteiger partial charge in [0, 0.05) is 17.1 Å². The molecule has 0 aromatic heterocycles. The van der Waals surface area contributed by atoms with Crippen molar-refractivity contribution < 1.29 is 9.53 Å². The third kappa shape index (κ3) is 6.00. The Labute approximate surface area is 194 Å². The molecule has 3 aromatic rings. The van der Waals surface area contributed by atoms with Crippen LogP contribution in [0.15, 0.2) is 72.3 Å². The van der Waals surface area contributed by atoms with Gasteiger partial charge in [-0.15, -0.1) is 0 Å². The van der Waals surface area contributed by atoms with E-state index in [2.05, 4.69) is 12.2 Å². The SMILES string of the molecule is CCOc1cc(/C=C(\C#N)C(=O)Nc2ccc(CC)cc2)ccc1Cc1ccccc1Cl. The molecule has 3 rings (SSSR count). The molecule has 3 aromatic carbocycles. The van der Waals surface area contributed by atoms with Crippen LogP contribution >= 0.6 is 11.6 Å². The van der Waals surface area contributed by atoms with E-state index in [0.717, 1.165) is 17.5 Å². The highest BCUT2D eigenvalue weighted by Crippen LogP contribution is 2.27. The first kappa shape index (κ1) is 23.1. The standard InChI is InChI=1S/C27H25ClN2O2/c1-3-19-10-13-24(14-11-19)30-27(31)23(18-29)15-20-9-12-22(26(16-20)32-4-2)17-21-7-5-6-8-25(21)28/h5-16H,3-4,17H2,1-2H3,(H,30,31)/b23-15+. The highest BCUT2D eigenvalue weighted by Gasteiger charge is 2.12. The molecule has 5 heteroatoms. The number of nitrogens with zero attached hydrogens (tertiary/aromatic N) is 1. The molecule has 0 spiro atoms. The van der Waals surface area contributed by atoms with Crippen molar-refractivity contribution in [3.05, 3.63) is 99.6 Å². The van der Waals surface area contributed by atoms with Gasteiger partial charge in [0.1, 0.15) is 17.4 Å². The van der Waals surface area contributed by atoms with Crippen molar-refractivity contribution in [1.29, 1.82) is 5.26 Å². The van der Waals surface area contributed by atoms with Gasteiger partial charge in [-0.05, 0) is 65.9 Å². The van der Waals surface area contributed by atoms with E-state index >= 15 is 0 Å². The predicted octanol–water partition coefficient (Wildman–Crippen LogP) is 6.44. The topological polar surface area (TPSA) is 62.1 Å². The van der Waals surface area contributed by atoms with Crippen LogP contribution in [0.25, 0.3) is 6.08 Å². The minimum atomic E-state index is -0.449. The van der Waals surface area contributed by atoms with Crippen LogP contribution < -0.4 is 10.1 Å². The monoisotopic (exact) mass is 444 g/mol. The lowest BCUT2D eigenvalue weighted by Gasteiger charge is -2.12. The van der Waals surface area contributed by atoms with Crippen LogP contribution in [0.1, 0.15) is 36.1 Å². The van der Waals surface area contributed by atoms with E-state index in [1.54, 1.807) is 6.08 Å². The Kier molecular flexibility index (Phi) is 8.08. The van der Waals surface area contributed by atoms with E-state index in [1.165, 1.54) is 5.56 Å². The fraction of sp³-hybridized carbons (Fsp3) is 0.185. The summed E-state index contributed by atoms with van der Waals surface area (Å²) in [6, 6.07) is 22.9. The number of aryl methyl sites for hydroxylation is 1. The lowest BCUT2D eigenvalue weighted by atomic mass is 10.0. The maximum absolute atomic E-state index is 12.6. The van der Waals surface area contributed by atoms with Crippen molar-refractivity contribution in [1.82, 2.24) is 0 Å². The van der Waals surface area contributed by atoms with E-state index < -0.39 is 5.91 Å². The van der Waals surface area contributed by atoms with Crippen molar-refractivity contribution in [3.63, 3.8) is 0 Å². The smallest absolute Gasteiger partial charge is 0.266 e. The molecule has 0 unspecified atom stereocenters. The van der Waals surface area contributed by atoms with E-state index in [4.69, 9.17) is 16.3 Å². The van der Waals surface area contributed by atoms with Gasteiger partial charge in [-0.25, -0.2) is 0 Å². The molecular weight excluding hydrogens is 420 g/mol. The molecular formula is C27H25ClN2O2. The number of rotatable bonds is 8. The fourth-order valence-electron chi connectivity index (χ4n) is 3.28. The largest absolute Gasteiger partial charge is 0.494 e. The highest BCUT2D eigenvalue weighted by molar-refractivity contribution is 6.31.